The molecule has 2 heterocycles. The van der Waals surface area contributed by atoms with E-state index in [0.29, 0.717) is 40.0 Å². The molecule has 0 radical (unpaired) electrons. The first-order chi connectivity index (χ1) is 14.1. The van der Waals surface area contributed by atoms with E-state index < -0.39 is 11.8 Å². The summed E-state index contributed by atoms with van der Waals surface area (Å²) in [6, 6.07) is 10.5. The summed E-state index contributed by atoms with van der Waals surface area (Å²) < 4.78 is 36.1. The van der Waals surface area contributed by atoms with Gasteiger partial charge >= 0.3 is 5.97 Å². The molecule has 1 atom stereocenters. The summed E-state index contributed by atoms with van der Waals surface area (Å²) in [4.78, 5) is 16.0. The minimum atomic E-state index is -0.452. The van der Waals surface area contributed by atoms with Crippen molar-refractivity contribution in [2.75, 3.05) is 14.2 Å². The van der Waals surface area contributed by atoms with Gasteiger partial charge in [0.15, 0.2) is 11.6 Å². The summed E-state index contributed by atoms with van der Waals surface area (Å²) in [7, 11) is 2.76. The van der Waals surface area contributed by atoms with Gasteiger partial charge in [-0.25, -0.2) is 14.2 Å². The molecule has 0 spiro atoms. The summed E-state index contributed by atoms with van der Waals surface area (Å²) in [5, 5.41) is 0.346. The molecule has 0 bridgehead atoms. The third-order valence-corrected chi connectivity index (χ3v) is 5.47. The normalized spacial score (nSPS) is 15.2. The SMILES string of the molecule is COC(=O)c1cnc(Oc2ccc3c(c2)CCC(c2cccc(OC)c2F)O3)s1. The summed E-state index contributed by atoms with van der Waals surface area (Å²) in [5.41, 5.74) is 1.44. The van der Waals surface area contributed by atoms with E-state index in [2.05, 4.69) is 9.72 Å². The first kappa shape index (κ1) is 19.2. The second-order valence-corrected chi connectivity index (χ2v) is 7.36. The van der Waals surface area contributed by atoms with Crippen LogP contribution in [0.2, 0.25) is 0 Å². The van der Waals surface area contributed by atoms with Crippen molar-refractivity contribution in [2.45, 2.75) is 18.9 Å². The van der Waals surface area contributed by atoms with E-state index in [1.54, 1.807) is 30.3 Å². The van der Waals surface area contributed by atoms with Crippen LogP contribution in [-0.2, 0) is 11.2 Å². The van der Waals surface area contributed by atoms with Gasteiger partial charge in [-0.15, -0.1) is 0 Å². The maximum Gasteiger partial charge on any atom is 0.349 e. The van der Waals surface area contributed by atoms with Crippen LogP contribution < -0.4 is 14.2 Å². The van der Waals surface area contributed by atoms with Gasteiger partial charge in [0.1, 0.15) is 22.5 Å². The molecule has 2 aromatic carbocycles. The van der Waals surface area contributed by atoms with Crippen LogP contribution >= 0.6 is 11.3 Å². The Morgan fingerprint density at radius 1 is 1.28 bits per heavy atom. The number of benzene rings is 2. The number of aromatic nitrogens is 1. The molecule has 0 fully saturated rings. The zero-order valence-corrected chi connectivity index (χ0v) is 16.6. The number of thiazole rings is 1. The Bertz CT molecular complexity index is 1050. The zero-order valence-electron chi connectivity index (χ0n) is 15.8. The number of carbonyl (C=O) groups excluding carboxylic acids is 1. The number of esters is 1. The molecule has 0 saturated carbocycles. The number of hydrogen-bond acceptors (Lipinski definition) is 7. The molecule has 4 rings (SSSR count). The van der Waals surface area contributed by atoms with E-state index in [4.69, 9.17) is 14.2 Å². The minimum absolute atomic E-state index is 0.204. The van der Waals surface area contributed by atoms with Gasteiger partial charge in [0.25, 0.3) is 5.19 Å². The van der Waals surface area contributed by atoms with E-state index >= 15 is 0 Å². The van der Waals surface area contributed by atoms with Crippen molar-refractivity contribution in [1.82, 2.24) is 4.98 Å². The van der Waals surface area contributed by atoms with Crippen LogP contribution in [0.1, 0.15) is 33.3 Å². The zero-order chi connectivity index (χ0) is 20.4. The molecular weight excluding hydrogens is 397 g/mol. The molecule has 150 valence electrons. The Morgan fingerprint density at radius 2 is 2.14 bits per heavy atom. The molecule has 8 heteroatoms. The van der Waals surface area contributed by atoms with Crippen LogP contribution in [0.4, 0.5) is 4.39 Å². The number of rotatable bonds is 5. The van der Waals surface area contributed by atoms with E-state index in [1.165, 1.54) is 20.4 Å². The maximum atomic E-state index is 14.6. The summed E-state index contributed by atoms with van der Waals surface area (Å²) in [6.07, 6.45) is 2.37. The highest BCUT2D eigenvalue weighted by molar-refractivity contribution is 7.15. The van der Waals surface area contributed by atoms with Crippen LogP contribution in [0.5, 0.6) is 22.4 Å². The Labute approximate surface area is 170 Å². The van der Waals surface area contributed by atoms with Gasteiger partial charge in [-0.2, -0.15) is 0 Å². The fourth-order valence-electron chi connectivity index (χ4n) is 3.18. The first-order valence-electron chi connectivity index (χ1n) is 8.93. The molecule has 1 aromatic heterocycles. The number of nitrogens with zero attached hydrogens (tertiary/aromatic N) is 1. The third-order valence-electron chi connectivity index (χ3n) is 4.61. The number of methoxy groups -OCH3 is 2. The average molecular weight is 415 g/mol. The van der Waals surface area contributed by atoms with E-state index in [-0.39, 0.29) is 11.9 Å². The predicted molar refractivity (Wildman–Crippen MR) is 105 cm³/mol. The van der Waals surface area contributed by atoms with Crippen molar-refractivity contribution in [3.8, 4) is 22.4 Å². The lowest BCUT2D eigenvalue weighted by molar-refractivity contribution is 0.0606. The quantitative estimate of drug-likeness (QED) is 0.550. The van der Waals surface area contributed by atoms with Crippen LogP contribution in [0.3, 0.4) is 0 Å². The second kappa shape index (κ2) is 8.08. The van der Waals surface area contributed by atoms with Crippen molar-refractivity contribution in [3.63, 3.8) is 0 Å². The Morgan fingerprint density at radius 3 is 2.93 bits per heavy atom. The molecule has 6 nitrogen and oxygen atoms in total. The molecule has 3 aromatic rings. The highest BCUT2D eigenvalue weighted by Crippen LogP contribution is 2.39. The molecule has 0 saturated heterocycles. The monoisotopic (exact) mass is 415 g/mol. The summed E-state index contributed by atoms with van der Waals surface area (Å²) in [5.74, 6) is 0.630. The fraction of sp³-hybridized carbons (Fsp3) is 0.238. The number of carbonyl (C=O) groups is 1. The van der Waals surface area contributed by atoms with Crippen molar-refractivity contribution >= 4 is 17.3 Å². The first-order valence-corrected chi connectivity index (χ1v) is 9.74. The highest BCUT2D eigenvalue weighted by Gasteiger charge is 2.25. The fourth-order valence-corrected chi connectivity index (χ4v) is 3.89. The molecule has 0 N–H and O–H groups in total. The molecule has 1 unspecified atom stereocenters. The lowest BCUT2D eigenvalue weighted by Gasteiger charge is -2.27. The van der Waals surface area contributed by atoms with Gasteiger partial charge < -0.3 is 18.9 Å². The van der Waals surface area contributed by atoms with Gasteiger partial charge in [0.05, 0.1) is 20.4 Å². The van der Waals surface area contributed by atoms with Gasteiger partial charge in [0.2, 0.25) is 0 Å². The largest absolute Gasteiger partial charge is 0.494 e. The number of aryl methyl sites for hydroxylation is 1. The standard InChI is InChI=1S/C21H18FNO5S/c1-25-17-5-3-4-14(19(17)22)16-8-6-12-10-13(7-9-15(12)28-16)27-21-23-11-18(29-21)20(24)26-2/h3-5,7,9-11,16H,6,8H2,1-2H3. The van der Waals surface area contributed by atoms with Crippen LogP contribution in [-0.4, -0.2) is 25.2 Å². The van der Waals surface area contributed by atoms with Gasteiger partial charge in [-0.05, 0) is 42.7 Å². The smallest absolute Gasteiger partial charge is 0.349 e. The number of halogens is 1. The minimum Gasteiger partial charge on any atom is -0.494 e. The second-order valence-electron chi connectivity index (χ2n) is 6.36. The van der Waals surface area contributed by atoms with Crippen LogP contribution in [0, 0.1) is 5.82 Å². The lowest BCUT2D eigenvalue weighted by Crippen LogP contribution is -2.16. The third kappa shape index (κ3) is 3.88. The van der Waals surface area contributed by atoms with E-state index in [9.17, 15) is 9.18 Å². The summed E-state index contributed by atoms with van der Waals surface area (Å²) >= 11 is 1.11. The summed E-state index contributed by atoms with van der Waals surface area (Å²) in [6.45, 7) is 0. The number of hydrogen-bond donors (Lipinski definition) is 0. The molecular formula is C21H18FNO5S. The van der Waals surface area contributed by atoms with Crippen LogP contribution in [0.25, 0.3) is 0 Å². The van der Waals surface area contributed by atoms with Crippen LogP contribution in [0.15, 0.2) is 42.6 Å². The van der Waals surface area contributed by atoms with Gasteiger partial charge in [-0.3, -0.25) is 0 Å². The van der Waals surface area contributed by atoms with Gasteiger partial charge in [-0.1, -0.05) is 23.5 Å². The van der Waals surface area contributed by atoms with Gasteiger partial charge in [0, 0.05) is 5.56 Å². The highest BCUT2D eigenvalue weighted by atomic mass is 32.1. The molecule has 0 aliphatic carbocycles. The average Bonchev–Trinajstić information content (AvgIpc) is 3.21. The molecule has 29 heavy (non-hydrogen) atoms. The predicted octanol–water partition coefficient (Wildman–Crippen LogP) is 4.94. The Hall–Kier alpha value is -3.13. The van der Waals surface area contributed by atoms with E-state index in [1.807, 2.05) is 6.07 Å². The maximum absolute atomic E-state index is 14.6. The van der Waals surface area contributed by atoms with Crippen molar-refractivity contribution < 1.29 is 28.1 Å². The van der Waals surface area contributed by atoms with Crippen molar-refractivity contribution in [3.05, 3.63) is 64.4 Å². The van der Waals surface area contributed by atoms with Crippen molar-refractivity contribution in [1.29, 1.82) is 0 Å². The Kier molecular flexibility index (Phi) is 5.35. The number of fused-ring (bicyclic) bond motifs is 1. The number of ether oxygens (including phenoxy) is 4. The molecule has 1 aliphatic heterocycles. The Balaban J connectivity index is 1.50. The topological polar surface area (TPSA) is 66.9 Å². The van der Waals surface area contributed by atoms with Crippen molar-refractivity contribution in [2.24, 2.45) is 0 Å². The molecule has 0 amide bonds. The lowest BCUT2D eigenvalue weighted by atomic mass is 9.97. The van der Waals surface area contributed by atoms with E-state index in [0.717, 1.165) is 16.9 Å². The molecule has 1 aliphatic rings.